The van der Waals surface area contributed by atoms with Gasteiger partial charge < -0.3 is 15.7 Å². The third-order valence-corrected chi connectivity index (χ3v) is 2.38. The molecule has 88 valence electrons. The minimum atomic E-state index is -0.103. The third kappa shape index (κ3) is 2.84. The Bertz CT molecular complexity index is 481. The average Bonchev–Trinajstić information content (AvgIpc) is 2.28. The second kappa shape index (κ2) is 4.69. The van der Waals surface area contributed by atoms with Gasteiger partial charge in [-0.3, -0.25) is 0 Å². The number of nitrogens with two attached hydrogens (primary N) is 1. The van der Waals surface area contributed by atoms with Gasteiger partial charge in [-0.2, -0.15) is 4.98 Å². The van der Waals surface area contributed by atoms with E-state index < -0.39 is 0 Å². The average molecular weight is 230 g/mol. The maximum Gasteiger partial charge on any atom is 0.223 e. The molecule has 3 N–H and O–H groups in total. The number of rotatable bonds is 3. The molecule has 0 saturated heterocycles. The van der Waals surface area contributed by atoms with Gasteiger partial charge in [-0.05, 0) is 12.1 Å². The lowest BCUT2D eigenvalue weighted by atomic mass is 10.3. The molecule has 0 aliphatic heterocycles. The molecule has 0 spiro atoms. The Hall–Kier alpha value is -2.30. The highest BCUT2D eigenvalue weighted by atomic mass is 16.3. The van der Waals surface area contributed by atoms with Crippen LogP contribution in [0.2, 0.25) is 0 Å². The fourth-order valence-corrected chi connectivity index (χ4v) is 1.60. The van der Waals surface area contributed by atoms with Crippen molar-refractivity contribution in [2.75, 3.05) is 17.7 Å². The van der Waals surface area contributed by atoms with E-state index in [0.29, 0.717) is 12.2 Å². The van der Waals surface area contributed by atoms with Gasteiger partial charge >= 0.3 is 0 Å². The number of nitrogen functional groups attached to an aromatic ring is 1. The predicted octanol–water partition coefficient (Wildman–Crippen LogP) is 1.40. The van der Waals surface area contributed by atoms with E-state index in [1.807, 2.05) is 42.3 Å². The van der Waals surface area contributed by atoms with Crippen molar-refractivity contribution < 1.29 is 5.11 Å². The zero-order chi connectivity index (χ0) is 12.3. The summed E-state index contributed by atoms with van der Waals surface area (Å²) in [7, 11) is 1.95. The van der Waals surface area contributed by atoms with Crippen LogP contribution in [0.4, 0.5) is 11.6 Å². The highest BCUT2D eigenvalue weighted by Crippen LogP contribution is 2.15. The quantitative estimate of drug-likeness (QED) is 0.833. The number of anilines is 2. The molecule has 17 heavy (non-hydrogen) atoms. The van der Waals surface area contributed by atoms with E-state index in [1.54, 1.807) is 0 Å². The van der Waals surface area contributed by atoms with Crippen LogP contribution in [-0.2, 0) is 6.54 Å². The molecule has 2 aromatic rings. The summed E-state index contributed by atoms with van der Waals surface area (Å²) in [4.78, 5) is 9.70. The molecule has 1 aromatic heterocycles. The first kappa shape index (κ1) is 11.2. The SMILES string of the molecule is CN(Cc1cc(O)nc(N)n1)c1ccccc1. The molecule has 1 aromatic carbocycles. The van der Waals surface area contributed by atoms with Gasteiger partial charge in [-0.1, -0.05) is 18.2 Å². The fourth-order valence-electron chi connectivity index (χ4n) is 1.60. The predicted molar refractivity (Wildman–Crippen MR) is 66.7 cm³/mol. The lowest BCUT2D eigenvalue weighted by Crippen LogP contribution is -2.17. The van der Waals surface area contributed by atoms with Crippen LogP contribution in [-0.4, -0.2) is 22.1 Å². The van der Waals surface area contributed by atoms with E-state index >= 15 is 0 Å². The van der Waals surface area contributed by atoms with Crippen molar-refractivity contribution in [2.24, 2.45) is 0 Å². The Morgan fingerprint density at radius 1 is 1.24 bits per heavy atom. The van der Waals surface area contributed by atoms with E-state index in [0.717, 1.165) is 5.69 Å². The maximum absolute atomic E-state index is 9.33. The smallest absolute Gasteiger partial charge is 0.223 e. The summed E-state index contributed by atoms with van der Waals surface area (Å²) in [5.41, 5.74) is 7.23. The van der Waals surface area contributed by atoms with Gasteiger partial charge in [0.25, 0.3) is 0 Å². The number of hydrogen-bond donors (Lipinski definition) is 2. The Kier molecular flexibility index (Phi) is 3.09. The molecule has 1 heterocycles. The second-order valence-electron chi connectivity index (χ2n) is 3.77. The molecular weight excluding hydrogens is 216 g/mol. The van der Waals surface area contributed by atoms with E-state index in [2.05, 4.69) is 9.97 Å². The van der Waals surface area contributed by atoms with Gasteiger partial charge in [0, 0.05) is 18.8 Å². The summed E-state index contributed by atoms with van der Waals surface area (Å²) in [6, 6.07) is 11.4. The van der Waals surface area contributed by atoms with Crippen molar-refractivity contribution in [3.05, 3.63) is 42.1 Å². The highest BCUT2D eigenvalue weighted by molar-refractivity contribution is 5.45. The summed E-state index contributed by atoms with van der Waals surface area (Å²) in [6.07, 6.45) is 0. The Balaban J connectivity index is 2.16. The number of aromatic hydroxyl groups is 1. The topological polar surface area (TPSA) is 75.3 Å². The number of hydrogen-bond acceptors (Lipinski definition) is 5. The Labute approximate surface area is 99.6 Å². The van der Waals surface area contributed by atoms with Crippen molar-refractivity contribution in [2.45, 2.75) is 6.54 Å². The van der Waals surface area contributed by atoms with Gasteiger partial charge in [0.1, 0.15) is 0 Å². The zero-order valence-corrected chi connectivity index (χ0v) is 9.54. The number of benzene rings is 1. The molecule has 5 heteroatoms. The van der Waals surface area contributed by atoms with Crippen LogP contribution in [0, 0.1) is 0 Å². The summed E-state index contributed by atoms with van der Waals surface area (Å²) in [6.45, 7) is 0.560. The molecule has 0 aliphatic carbocycles. The first-order valence-electron chi connectivity index (χ1n) is 5.24. The van der Waals surface area contributed by atoms with Gasteiger partial charge in [-0.25, -0.2) is 4.98 Å². The molecule has 0 saturated carbocycles. The van der Waals surface area contributed by atoms with Crippen molar-refractivity contribution in [1.29, 1.82) is 0 Å². The zero-order valence-electron chi connectivity index (χ0n) is 9.54. The Morgan fingerprint density at radius 2 is 1.94 bits per heavy atom. The van der Waals surface area contributed by atoms with Crippen LogP contribution in [0.1, 0.15) is 5.69 Å². The molecular formula is C12H14N4O. The molecule has 0 atom stereocenters. The fraction of sp³-hybridized carbons (Fsp3) is 0.167. The lowest BCUT2D eigenvalue weighted by Gasteiger charge is -2.18. The second-order valence-corrected chi connectivity index (χ2v) is 3.77. The number of nitrogens with zero attached hydrogens (tertiary/aromatic N) is 3. The first-order valence-corrected chi connectivity index (χ1v) is 5.24. The largest absolute Gasteiger partial charge is 0.493 e. The van der Waals surface area contributed by atoms with Gasteiger partial charge in [0.05, 0.1) is 12.2 Å². The molecule has 0 fully saturated rings. The number of para-hydroxylation sites is 1. The first-order chi connectivity index (χ1) is 8.15. The lowest BCUT2D eigenvalue weighted by molar-refractivity contribution is 0.452. The standard InChI is InChI=1S/C12H14N4O/c1-16(10-5-3-2-4-6-10)8-9-7-11(17)15-12(13)14-9/h2-7H,8H2,1H3,(H3,13,14,15,17). The van der Waals surface area contributed by atoms with Gasteiger partial charge in [-0.15, -0.1) is 0 Å². The summed E-state index contributed by atoms with van der Waals surface area (Å²) >= 11 is 0. The maximum atomic E-state index is 9.33. The Morgan fingerprint density at radius 3 is 2.59 bits per heavy atom. The minimum absolute atomic E-state index is 0.0847. The summed E-state index contributed by atoms with van der Waals surface area (Å²) in [5.74, 6) is -0.0181. The van der Waals surface area contributed by atoms with Crippen molar-refractivity contribution >= 4 is 11.6 Å². The summed E-state index contributed by atoms with van der Waals surface area (Å²) < 4.78 is 0. The normalized spacial score (nSPS) is 10.2. The van der Waals surface area contributed by atoms with E-state index in [4.69, 9.17) is 5.73 Å². The van der Waals surface area contributed by atoms with E-state index in [9.17, 15) is 5.11 Å². The molecule has 0 aliphatic rings. The highest BCUT2D eigenvalue weighted by Gasteiger charge is 2.05. The van der Waals surface area contributed by atoms with Gasteiger partial charge in [0.15, 0.2) is 0 Å². The molecule has 0 unspecified atom stereocenters. The monoisotopic (exact) mass is 230 g/mol. The third-order valence-electron chi connectivity index (χ3n) is 2.38. The summed E-state index contributed by atoms with van der Waals surface area (Å²) in [5, 5.41) is 9.33. The number of aromatic nitrogens is 2. The van der Waals surface area contributed by atoms with Crippen LogP contribution in [0.15, 0.2) is 36.4 Å². The van der Waals surface area contributed by atoms with Crippen LogP contribution in [0.3, 0.4) is 0 Å². The molecule has 2 rings (SSSR count). The molecule has 0 bridgehead atoms. The van der Waals surface area contributed by atoms with Crippen LogP contribution < -0.4 is 10.6 Å². The van der Waals surface area contributed by atoms with Crippen LogP contribution in [0.25, 0.3) is 0 Å². The van der Waals surface area contributed by atoms with Gasteiger partial charge in [0.2, 0.25) is 11.8 Å². The van der Waals surface area contributed by atoms with E-state index in [1.165, 1.54) is 6.07 Å². The minimum Gasteiger partial charge on any atom is -0.493 e. The van der Waals surface area contributed by atoms with Crippen LogP contribution in [0.5, 0.6) is 5.88 Å². The van der Waals surface area contributed by atoms with Crippen molar-refractivity contribution in [3.8, 4) is 5.88 Å². The van der Waals surface area contributed by atoms with Crippen LogP contribution >= 0.6 is 0 Å². The molecule has 0 amide bonds. The van der Waals surface area contributed by atoms with Crippen molar-refractivity contribution in [1.82, 2.24) is 9.97 Å². The van der Waals surface area contributed by atoms with Crippen molar-refractivity contribution in [3.63, 3.8) is 0 Å². The molecule has 5 nitrogen and oxygen atoms in total. The van der Waals surface area contributed by atoms with E-state index in [-0.39, 0.29) is 11.8 Å². The molecule has 0 radical (unpaired) electrons.